The Hall–Kier alpha value is -1.12. The Bertz CT molecular complexity index is 506. The molecule has 1 aromatic heterocycles. The van der Waals surface area contributed by atoms with Gasteiger partial charge in [0, 0.05) is 19.8 Å². The monoisotopic (exact) mass is 260 g/mol. The molecule has 1 unspecified atom stereocenters. The molecule has 1 atom stereocenters. The molecule has 7 nitrogen and oxygen atoms in total. The summed E-state index contributed by atoms with van der Waals surface area (Å²) in [6, 6.07) is 0. The van der Waals surface area contributed by atoms with Gasteiger partial charge in [0.1, 0.15) is 4.90 Å². The van der Waals surface area contributed by atoms with E-state index in [-0.39, 0.29) is 23.2 Å². The zero-order valence-corrected chi connectivity index (χ0v) is 10.3. The van der Waals surface area contributed by atoms with Crippen molar-refractivity contribution in [2.75, 3.05) is 12.3 Å². The van der Waals surface area contributed by atoms with E-state index in [1.807, 2.05) is 0 Å². The highest BCUT2D eigenvalue weighted by Gasteiger charge is 2.31. The molecule has 0 amide bonds. The number of aliphatic hydroxyl groups is 1. The van der Waals surface area contributed by atoms with Crippen LogP contribution in [0.3, 0.4) is 0 Å². The van der Waals surface area contributed by atoms with Gasteiger partial charge in [-0.25, -0.2) is 13.1 Å². The Kier molecular flexibility index (Phi) is 3.11. The lowest BCUT2D eigenvalue weighted by Gasteiger charge is -2.10. The van der Waals surface area contributed by atoms with Crippen LogP contribution in [-0.4, -0.2) is 36.0 Å². The van der Waals surface area contributed by atoms with Crippen LogP contribution < -0.4 is 10.5 Å². The van der Waals surface area contributed by atoms with Gasteiger partial charge < -0.3 is 10.8 Å². The van der Waals surface area contributed by atoms with Crippen molar-refractivity contribution in [2.45, 2.75) is 23.8 Å². The van der Waals surface area contributed by atoms with Crippen LogP contribution in [0.1, 0.15) is 12.8 Å². The Morgan fingerprint density at radius 2 is 2.35 bits per heavy atom. The van der Waals surface area contributed by atoms with E-state index in [4.69, 9.17) is 5.73 Å². The van der Waals surface area contributed by atoms with E-state index < -0.39 is 16.1 Å². The average molecular weight is 260 g/mol. The van der Waals surface area contributed by atoms with Crippen LogP contribution in [0.4, 0.5) is 5.82 Å². The molecule has 1 saturated carbocycles. The first-order valence-electron chi connectivity index (χ1n) is 5.37. The fraction of sp³-hybridized carbons (Fsp3) is 0.667. The number of anilines is 1. The van der Waals surface area contributed by atoms with Crippen LogP contribution in [0.25, 0.3) is 0 Å². The number of aliphatic hydroxyl groups excluding tert-OH is 1. The maximum Gasteiger partial charge on any atom is 0.245 e. The minimum absolute atomic E-state index is 0.0152. The minimum atomic E-state index is -3.69. The highest BCUT2D eigenvalue weighted by molar-refractivity contribution is 7.89. The van der Waals surface area contributed by atoms with Gasteiger partial charge in [-0.15, -0.1) is 0 Å². The number of rotatable bonds is 5. The fourth-order valence-electron chi connectivity index (χ4n) is 1.61. The molecule has 1 aliphatic rings. The molecule has 0 aromatic carbocycles. The molecule has 1 aliphatic carbocycles. The van der Waals surface area contributed by atoms with E-state index in [9.17, 15) is 13.5 Å². The highest BCUT2D eigenvalue weighted by atomic mass is 32.2. The van der Waals surface area contributed by atoms with Gasteiger partial charge in [0.15, 0.2) is 5.82 Å². The number of nitrogens with zero attached hydrogens (tertiary/aromatic N) is 2. The summed E-state index contributed by atoms with van der Waals surface area (Å²) in [6.07, 6.45) is 2.62. The molecule has 8 heteroatoms. The maximum atomic E-state index is 11.9. The summed E-state index contributed by atoms with van der Waals surface area (Å²) in [6.45, 7) is 0.0152. The number of aryl methyl sites for hydroxylation is 1. The summed E-state index contributed by atoms with van der Waals surface area (Å²) < 4.78 is 27.4. The van der Waals surface area contributed by atoms with Crippen molar-refractivity contribution in [1.82, 2.24) is 14.5 Å². The first kappa shape index (κ1) is 12.3. The Morgan fingerprint density at radius 1 is 1.71 bits per heavy atom. The fourth-order valence-corrected chi connectivity index (χ4v) is 2.76. The Morgan fingerprint density at radius 3 is 2.82 bits per heavy atom. The highest BCUT2D eigenvalue weighted by Crippen LogP contribution is 2.32. The van der Waals surface area contributed by atoms with E-state index in [1.165, 1.54) is 10.9 Å². The molecule has 0 spiro atoms. The number of hydrogen-bond donors (Lipinski definition) is 3. The van der Waals surface area contributed by atoms with Gasteiger partial charge in [0.05, 0.1) is 6.10 Å². The molecule has 17 heavy (non-hydrogen) atoms. The van der Waals surface area contributed by atoms with Crippen molar-refractivity contribution in [3.05, 3.63) is 6.20 Å². The summed E-state index contributed by atoms with van der Waals surface area (Å²) in [5.74, 6) is 0.185. The summed E-state index contributed by atoms with van der Waals surface area (Å²) in [5.41, 5.74) is 5.49. The van der Waals surface area contributed by atoms with Crippen LogP contribution in [0.15, 0.2) is 11.1 Å². The van der Waals surface area contributed by atoms with Gasteiger partial charge in [-0.05, 0) is 18.8 Å². The van der Waals surface area contributed by atoms with Gasteiger partial charge in [-0.3, -0.25) is 4.68 Å². The number of hydrogen-bond acceptors (Lipinski definition) is 5. The maximum absolute atomic E-state index is 11.9. The zero-order valence-electron chi connectivity index (χ0n) is 9.50. The molecule has 96 valence electrons. The first-order valence-corrected chi connectivity index (χ1v) is 6.85. The molecule has 4 N–H and O–H groups in total. The minimum Gasteiger partial charge on any atom is -0.391 e. The largest absolute Gasteiger partial charge is 0.391 e. The number of nitrogen functional groups attached to an aromatic ring is 1. The van der Waals surface area contributed by atoms with Gasteiger partial charge in [0.25, 0.3) is 0 Å². The topological polar surface area (TPSA) is 110 Å². The van der Waals surface area contributed by atoms with Crippen LogP contribution in [-0.2, 0) is 17.1 Å². The molecule has 1 heterocycles. The van der Waals surface area contributed by atoms with Crippen molar-refractivity contribution in [3.8, 4) is 0 Å². The summed E-state index contributed by atoms with van der Waals surface area (Å²) in [7, 11) is -2.10. The molecule has 1 aromatic rings. The van der Waals surface area contributed by atoms with Gasteiger partial charge in [-0.2, -0.15) is 5.10 Å². The van der Waals surface area contributed by atoms with Crippen molar-refractivity contribution in [3.63, 3.8) is 0 Å². The second kappa shape index (κ2) is 4.28. The molecule has 1 fully saturated rings. The van der Waals surface area contributed by atoms with Crippen LogP contribution in [0.5, 0.6) is 0 Å². The molecule has 0 aliphatic heterocycles. The van der Waals surface area contributed by atoms with E-state index in [2.05, 4.69) is 9.82 Å². The predicted molar refractivity (Wildman–Crippen MR) is 61.5 cm³/mol. The van der Waals surface area contributed by atoms with Crippen molar-refractivity contribution < 1.29 is 13.5 Å². The normalized spacial score (nSPS) is 18.2. The molecule has 2 rings (SSSR count). The number of sulfonamides is 1. The third kappa shape index (κ3) is 2.76. The summed E-state index contributed by atoms with van der Waals surface area (Å²) >= 11 is 0. The van der Waals surface area contributed by atoms with Crippen molar-refractivity contribution in [2.24, 2.45) is 13.0 Å². The third-order valence-corrected chi connectivity index (χ3v) is 4.20. The quantitative estimate of drug-likeness (QED) is 0.632. The van der Waals surface area contributed by atoms with E-state index >= 15 is 0 Å². The number of aromatic nitrogens is 2. The van der Waals surface area contributed by atoms with E-state index in [0.717, 1.165) is 12.8 Å². The summed E-state index contributed by atoms with van der Waals surface area (Å²) in [4.78, 5) is -0.0528. The van der Waals surface area contributed by atoms with Crippen LogP contribution in [0, 0.1) is 5.92 Å². The SMILES string of the molecule is Cn1cc(S(=O)(=O)NCC(O)C2CC2)c(N)n1. The lowest BCUT2D eigenvalue weighted by atomic mass is 10.2. The van der Waals surface area contributed by atoms with Crippen molar-refractivity contribution >= 4 is 15.8 Å². The first-order chi connectivity index (χ1) is 7.90. The molecule has 0 saturated heterocycles. The number of nitrogens with one attached hydrogen (secondary N) is 1. The van der Waals surface area contributed by atoms with Crippen molar-refractivity contribution in [1.29, 1.82) is 0 Å². The number of nitrogens with two attached hydrogens (primary N) is 1. The molecule has 0 bridgehead atoms. The second-order valence-corrected chi connectivity index (χ2v) is 6.04. The second-order valence-electron chi connectivity index (χ2n) is 4.31. The van der Waals surface area contributed by atoms with Crippen LogP contribution in [0.2, 0.25) is 0 Å². The standard InChI is InChI=1S/C9H16N4O3S/c1-13-5-8(9(10)12-13)17(15,16)11-4-7(14)6-2-3-6/h5-7,11,14H,2-4H2,1H3,(H2,10,12). The molecule has 0 radical (unpaired) electrons. The Labute approximate surface area is 99.7 Å². The van der Waals surface area contributed by atoms with Gasteiger partial charge in [-0.1, -0.05) is 0 Å². The zero-order chi connectivity index (χ0) is 12.6. The van der Waals surface area contributed by atoms with Gasteiger partial charge >= 0.3 is 0 Å². The smallest absolute Gasteiger partial charge is 0.245 e. The molecular formula is C9H16N4O3S. The van der Waals surface area contributed by atoms with E-state index in [0.29, 0.717) is 0 Å². The lowest BCUT2D eigenvalue weighted by molar-refractivity contribution is 0.155. The van der Waals surface area contributed by atoms with E-state index in [1.54, 1.807) is 7.05 Å². The Balaban J connectivity index is 2.05. The predicted octanol–water partition coefficient (Wildman–Crippen LogP) is -0.948. The third-order valence-electron chi connectivity index (χ3n) is 2.76. The van der Waals surface area contributed by atoms with Gasteiger partial charge in [0.2, 0.25) is 10.0 Å². The lowest BCUT2D eigenvalue weighted by Crippen LogP contribution is -2.33. The summed E-state index contributed by atoms with van der Waals surface area (Å²) in [5, 5.41) is 13.4. The average Bonchev–Trinajstić information content (AvgIpc) is 3.01. The van der Waals surface area contributed by atoms with Crippen LogP contribution >= 0.6 is 0 Å². The molecular weight excluding hydrogens is 244 g/mol.